The number of aromatic nitrogens is 1. The fourth-order valence-corrected chi connectivity index (χ4v) is 5.68. The maximum Gasteiger partial charge on any atom is 0.186 e. The summed E-state index contributed by atoms with van der Waals surface area (Å²) in [5, 5.41) is 1.96. The van der Waals surface area contributed by atoms with E-state index in [-0.39, 0.29) is 0 Å². The summed E-state index contributed by atoms with van der Waals surface area (Å²) in [5.74, 6) is 1.79. The lowest BCUT2D eigenvalue weighted by Crippen LogP contribution is -2.39. The molecule has 0 unspecified atom stereocenters. The Labute approximate surface area is 167 Å². The zero-order chi connectivity index (χ0) is 17.6. The molecule has 4 rings (SSSR count). The predicted octanol–water partition coefficient (Wildman–Crippen LogP) is 6.94. The van der Waals surface area contributed by atoms with E-state index in [0.29, 0.717) is 6.04 Å². The number of hydrogen-bond acceptors (Lipinski definition) is 3. The van der Waals surface area contributed by atoms with Crippen LogP contribution in [-0.2, 0) is 0 Å². The summed E-state index contributed by atoms with van der Waals surface area (Å²) >= 11 is 11.6. The first-order valence-electron chi connectivity index (χ1n) is 9.28. The van der Waals surface area contributed by atoms with Crippen LogP contribution in [0.5, 0.6) is 0 Å². The molecule has 0 spiro atoms. The Morgan fingerprint density at radius 3 is 2.52 bits per heavy atom. The zero-order valence-electron chi connectivity index (χ0n) is 14.8. The van der Waals surface area contributed by atoms with E-state index in [2.05, 4.69) is 40.7 Å². The van der Waals surface area contributed by atoms with Crippen molar-refractivity contribution in [1.29, 1.82) is 0 Å². The van der Waals surface area contributed by atoms with Crippen molar-refractivity contribution in [3.63, 3.8) is 0 Å². The first-order chi connectivity index (χ1) is 12.1. The van der Waals surface area contributed by atoms with Gasteiger partial charge in [0, 0.05) is 32.5 Å². The summed E-state index contributed by atoms with van der Waals surface area (Å²) in [6.07, 6.45) is 6.79. The van der Waals surface area contributed by atoms with Gasteiger partial charge in [-0.05, 0) is 63.0 Å². The highest BCUT2D eigenvalue weighted by Gasteiger charge is 2.45. The fourth-order valence-electron chi connectivity index (χ4n) is 3.82. The lowest BCUT2D eigenvalue weighted by atomic mass is 10.1. The van der Waals surface area contributed by atoms with E-state index in [4.69, 9.17) is 16.6 Å². The summed E-state index contributed by atoms with van der Waals surface area (Å²) in [6.45, 7) is 5.58. The maximum atomic E-state index is 6.11. The Morgan fingerprint density at radius 1 is 1.28 bits per heavy atom. The van der Waals surface area contributed by atoms with Crippen molar-refractivity contribution < 1.29 is 0 Å². The van der Waals surface area contributed by atoms with Crippen LogP contribution in [0, 0.1) is 18.8 Å². The minimum absolute atomic E-state index is 0.715. The van der Waals surface area contributed by atoms with E-state index in [1.54, 1.807) is 0 Å². The van der Waals surface area contributed by atoms with Gasteiger partial charge in [0.2, 0.25) is 0 Å². The number of nitrogens with zero attached hydrogens (tertiary/aromatic N) is 2. The molecule has 1 aromatic heterocycles. The van der Waals surface area contributed by atoms with Gasteiger partial charge in [-0.1, -0.05) is 40.5 Å². The van der Waals surface area contributed by atoms with Crippen molar-refractivity contribution in [2.24, 2.45) is 11.8 Å². The van der Waals surface area contributed by atoms with Gasteiger partial charge < -0.3 is 4.90 Å². The molecule has 2 nitrogen and oxygen atoms in total. The number of hydrogen-bond donors (Lipinski definition) is 0. The third kappa shape index (κ3) is 3.77. The normalized spacial score (nSPS) is 17.3. The van der Waals surface area contributed by atoms with Gasteiger partial charge in [-0.15, -0.1) is 11.3 Å². The van der Waals surface area contributed by atoms with Gasteiger partial charge in [0.1, 0.15) is 0 Å². The highest BCUT2D eigenvalue weighted by Crippen LogP contribution is 2.49. The molecule has 0 saturated heterocycles. The minimum atomic E-state index is 0.715. The van der Waals surface area contributed by atoms with Crippen LogP contribution in [0.2, 0.25) is 5.02 Å². The van der Waals surface area contributed by atoms with Gasteiger partial charge in [-0.2, -0.15) is 0 Å². The second-order valence-corrected chi connectivity index (χ2v) is 9.86. The van der Waals surface area contributed by atoms with Crippen LogP contribution in [0.4, 0.5) is 5.13 Å². The third-order valence-corrected chi connectivity index (χ3v) is 7.15. The summed E-state index contributed by atoms with van der Waals surface area (Å²) in [7, 11) is 0. The van der Waals surface area contributed by atoms with E-state index in [0.717, 1.165) is 39.1 Å². The molecule has 0 radical (unpaired) electrons. The van der Waals surface area contributed by atoms with Crippen LogP contribution in [0.15, 0.2) is 22.7 Å². The monoisotopic (exact) mass is 438 g/mol. The van der Waals surface area contributed by atoms with Gasteiger partial charge in [0.05, 0.1) is 5.69 Å². The largest absolute Gasteiger partial charge is 0.345 e. The first kappa shape index (κ1) is 17.8. The Kier molecular flexibility index (Phi) is 5.13. The van der Waals surface area contributed by atoms with Crippen LogP contribution < -0.4 is 4.90 Å². The first-order valence-corrected chi connectivity index (χ1v) is 11.3. The quantitative estimate of drug-likeness (QED) is 0.464. The molecule has 0 atom stereocenters. The molecule has 134 valence electrons. The molecule has 0 bridgehead atoms. The minimum Gasteiger partial charge on any atom is -0.345 e. The van der Waals surface area contributed by atoms with Gasteiger partial charge in [-0.3, -0.25) is 0 Å². The van der Waals surface area contributed by atoms with Gasteiger partial charge in [0.25, 0.3) is 0 Å². The molecule has 5 heteroatoms. The Hall–Kier alpha value is -0.580. The average molecular weight is 440 g/mol. The Bertz CT molecular complexity index is 755. The number of anilines is 1. The summed E-state index contributed by atoms with van der Waals surface area (Å²) < 4.78 is 1.02. The molecule has 2 aliphatic rings. The van der Waals surface area contributed by atoms with Crippen molar-refractivity contribution >= 4 is 44.0 Å². The van der Waals surface area contributed by atoms with Crippen LogP contribution >= 0.6 is 38.9 Å². The molecule has 1 heterocycles. The van der Waals surface area contributed by atoms with Gasteiger partial charge in [-0.25, -0.2) is 4.98 Å². The number of benzene rings is 1. The van der Waals surface area contributed by atoms with Crippen molar-refractivity contribution in [2.75, 3.05) is 11.4 Å². The lowest BCUT2D eigenvalue weighted by Gasteiger charge is -2.32. The summed E-state index contributed by atoms with van der Waals surface area (Å²) in [5.41, 5.74) is 2.23. The molecule has 2 fully saturated rings. The average Bonchev–Trinajstić information content (AvgIpc) is 3.48. The van der Waals surface area contributed by atoms with E-state index >= 15 is 0 Å². The van der Waals surface area contributed by atoms with Gasteiger partial charge >= 0.3 is 0 Å². The number of thiazole rings is 1. The molecule has 2 aromatic rings. The van der Waals surface area contributed by atoms with Crippen molar-refractivity contribution in [3.05, 3.63) is 32.6 Å². The van der Waals surface area contributed by atoms with Crippen LogP contribution in [0.25, 0.3) is 11.3 Å². The summed E-state index contributed by atoms with van der Waals surface area (Å²) in [4.78, 5) is 9.02. The topological polar surface area (TPSA) is 16.1 Å². The molecule has 1 aromatic carbocycles. The van der Waals surface area contributed by atoms with Crippen LogP contribution in [0.3, 0.4) is 0 Å². The fraction of sp³-hybridized carbons (Fsp3) is 0.550. The van der Waals surface area contributed by atoms with Crippen LogP contribution in [-0.4, -0.2) is 17.6 Å². The smallest absolute Gasteiger partial charge is 0.186 e. The summed E-state index contributed by atoms with van der Waals surface area (Å²) in [6, 6.07) is 6.69. The van der Waals surface area contributed by atoms with E-state index in [1.807, 2.05) is 23.5 Å². The molecule has 0 aliphatic heterocycles. The van der Waals surface area contributed by atoms with E-state index < -0.39 is 0 Å². The molecular weight excluding hydrogens is 416 g/mol. The van der Waals surface area contributed by atoms with Crippen molar-refractivity contribution in [2.45, 2.75) is 52.0 Å². The predicted molar refractivity (Wildman–Crippen MR) is 112 cm³/mol. The molecule has 0 amide bonds. The van der Waals surface area contributed by atoms with Gasteiger partial charge in [0.15, 0.2) is 5.13 Å². The van der Waals surface area contributed by atoms with Crippen LogP contribution in [0.1, 0.15) is 43.9 Å². The maximum absolute atomic E-state index is 6.11. The number of rotatable bonds is 7. The Morgan fingerprint density at radius 2 is 1.96 bits per heavy atom. The molecule has 0 N–H and O–H groups in total. The van der Waals surface area contributed by atoms with E-state index in [1.165, 1.54) is 42.1 Å². The van der Waals surface area contributed by atoms with E-state index in [9.17, 15) is 0 Å². The molecular formula is C20H24BrClN2S. The third-order valence-electron chi connectivity index (χ3n) is 5.25. The second-order valence-electron chi connectivity index (χ2n) is 7.38. The highest BCUT2D eigenvalue weighted by atomic mass is 79.9. The second kappa shape index (κ2) is 7.21. The highest BCUT2D eigenvalue weighted by molar-refractivity contribution is 9.10. The SMILES string of the molecule is CCCN(c1nc(-c2ccc(Cl)cc2Br)c(C)s1)C(C1CC1)C1CC1. The lowest BCUT2D eigenvalue weighted by molar-refractivity contribution is 0.476. The molecule has 25 heavy (non-hydrogen) atoms. The standard InChI is InChI=1S/C20H24BrClN2S/c1-3-10-24(19(13-4-5-13)14-6-7-14)20-23-18(12(2)25-20)16-9-8-15(22)11-17(16)21/h8-9,11,13-14,19H,3-7,10H2,1-2H3. The number of aryl methyl sites for hydroxylation is 1. The van der Waals surface area contributed by atoms with Crippen molar-refractivity contribution in [1.82, 2.24) is 4.98 Å². The molecule has 2 aliphatic carbocycles. The van der Waals surface area contributed by atoms with Crippen molar-refractivity contribution in [3.8, 4) is 11.3 Å². The number of halogens is 2. The zero-order valence-corrected chi connectivity index (χ0v) is 17.9. The Balaban J connectivity index is 1.69. The molecule has 2 saturated carbocycles.